The van der Waals surface area contributed by atoms with E-state index in [9.17, 15) is 0 Å². The first-order valence-electron chi connectivity index (χ1n) is 6.58. The van der Waals surface area contributed by atoms with Crippen molar-refractivity contribution in [2.45, 2.75) is 52.0 Å². The van der Waals surface area contributed by atoms with E-state index in [0.717, 1.165) is 0 Å². The summed E-state index contributed by atoms with van der Waals surface area (Å²) in [6.07, 6.45) is 0. The number of hydrogen-bond donors (Lipinski definition) is 0. The van der Waals surface area contributed by atoms with Crippen molar-refractivity contribution in [1.29, 1.82) is 0 Å². The molecule has 1 heterocycles. The number of hydrogen-bond acceptors (Lipinski definition) is 2. The molecular formula is C14H23BO2Si. The molecule has 0 radical (unpaired) electrons. The zero-order valence-corrected chi connectivity index (χ0v) is 13.3. The van der Waals surface area contributed by atoms with Crippen LogP contribution in [0.25, 0.3) is 0 Å². The number of benzene rings is 1. The predicted octanol–water partition coefficient (Wildman–Crippen LogP) is 2.77. The van der Waals surface area contributed by atoms with E-state index in [-0.39, 0.29) is 17.9 Å². The van der Waals surface area contributed by atoms with Crippen molar-refractivity contribution in [3.05, 3.63) is 30.3 Å². The Morgan fingerprint density at radius 1 is 0.889 bits per heavy atom. The molecule has 0 aromatic heterocycles. The van der Waals surface area contributed by atoms with E-state index < -0.39 is 7.94 Å². The smallest absolute Gasteiger partial charge is 0.406 e. The van der Waals surface area contributed by atoms with Crippen LogP contribution in [0, 0.1) is 0 Å². The van der Waals surface area contributed by atoms with E-state index in [1.807, 2.05) is 0 Å². The van der Waals surface area contributed by atoms with E-state index in [1.54, 1.807) is 0 Å². The van der Waals surface area contributed by atoms with Crippen molar-refractivity contribution < 1.29 is 9.31 Å². The van der Waals surface area contributed by atoms with Crippen molar-refractivity contribution in [3.63, 3.8) is 0 Å². The molecule has 1 aliphatic heterocycles. The standard InChI is InChI=1S/C14H23BO2Si/c1-13(2)14(3,4)17-15(16-13)18(5,6)12-10-8-7-9-11-12/h7-11H,1-6H3. The van der Waals surface area contributed by atoms with Gasteiger partial charge in [0.2, 0.25) is 0 Å². The Hall–Kier alpha value is -0.578. The Labute approximate surface area is 112 Å². The molecule has 0 bridgehead atoms. The van der Waals surface area contributed by atoms with Gasteiger partial charge in [0.15, 0.2) is 0 Å². The monoisotopic (exact) mass is 262 g/mol. The van der Waals surface area contributed by atoms with Crippen LogP contribution in [0.3, 0.4) is 0 Å². The van der Waals surface area contributed by atoms with E-state index in [2.05, 4.69) is 71.1 Å². The minimum absolute atomic E-state index is 0.0788. The van der Waals surface area contributed by atoms with Crippen molar-refractivity contribution in [2.75, 3.05) is 0 Å². The lowest BCUT2D eigenvalue weighted by Crippen LogP contribution is -2.57. The van der Waals surface area contributed by atoms with Crippen LogP contribution in [0.5, 0.6) is 0 Å². The molecule has 1 aromatic carbocycles. The Kier molecular flexibility index (Phi) is 3.25. The molecule has 1 aliphatic rings. The van der Waals surface area contributed by atoms with Crippen LogP contribution in [0.2, 0.25) is 13.1 Å². The molecule has 0 amide bonds. The van der Waals surface area contributed by atoms with Gasteiger partial charge in [-0.25, -0.2) is 0 Å². The summed E-state index contributed by atoms with van der Waals surface area (Å²) in [6, 6.07) is 10.6. The van der Waals surface area contributed by atoms with Crippen LogP contribution in [-0.4, -0.2) is 25.9 Å². The van der Waals surface area contributed by atoms with E-state index in [0.29, 0.717) is 0 Å². The van der Waals surface area contributed by atoms with Crippen LogP contribution in [-0.2, 0) is 9.31 Å². The molecule has 2 nitrogen and oxygen atoms in total. The molecule has 0 spiro atoms. The lowest BCUT2D eigenvalue weighted by Gasteiger charge is -2.32. The molecular weight excluding hydrogens is 239 g/mol. The van der Waals surface area contributed by atoms with E-state index in [4.69, 9.17) is 9.31 Å². The van der Waals surface area contributed by atoms with Gasteiger partial charge in [-0.3, -0.25) is 0 Å². The summed E-state index contributed by atoms with van der Waals surface area (Å²) in [5.74, 6) is 0. The predicted molar refractivity (Wildman–Crippen MR) is 79.6 cm³/mol. The van der Waals surface area contributed by atoms with Gasteiger partial charge in [-0.1, -0.05) is 48.6 Å². The Balaban J connectivity index is 2.29. The zero-order valence-electron chi connectivity index (χ0n) is 12.3. The molecule has 0 atom stereocenters. The van der Waals surface area contributed by atoms with Gasteiger partial charge in [-0.2, -0.15) is 0 Å². The van der Waals surface area contributed by atoms with Gasteiger partial charge in [0.25, 0.3) is 0 Å². The van der Waals surface area contributed by atoms with Gasteiger partial charge in [0, 0.05) is 0 Å². The van der Waals surface area contributed by atoms with Gasteiger partial charge in [0.05, 0.1) is 11.2 Å². The molecule has 1 saturated heterocycles. The highest BCUT2D eigenvalue weighted by atomic mass is 28.3. The van der Waals surface area contributed by atoms with Crippen molar-refractivity contribution in [3.8, 4) is 0 Å². The van der Waals surface area contributed by atoms with Crippen molar-refractivity contribution in [1.82, 2.24) is 0 Å². The third kappa shape index (κ3) is 2.17. The van der Waals surface area contributed by atoms with Gasteiger partial charge < -0.3 is 9.31 Å². The second-order valence-corrected chi connectivity index (χ2v) is 11.2. The molecule has 2 rings (SSSR count). The maximum Gasteiger partial charge on any atom is 0.438 e. The highest BCUT2D eigenvalue weighted by Gasteiger charge is 2.57. The molecule has 1 aromatic rings. The van der Waals surface area contributed by atoms with Gasteiger partial charge in [-0.05, 0) is 27.7 Å². The van der Waals surface area contributed by atoms with Crippen LogP contribution < -0.4 is 5.19 Å². The second kappa shape index (κ2) is 4.22. The van der Waals surface area contributed by atoms with Crippen LogP contribution in [0.1, 0.15) is 27.7 Å². The minimum Gasteiger partial charge on any atom is -0.406 e. The van der Waals surface area contributed by atoms with Crippen LogP contribution in [0.4, 0.5) is 0 Å². The molecule has 4 heteroatoms. The van der Waals surface area contributed by atoms with Crippen LogP contribution >= 0.6 is 0 Å². The summed E-state index contributed by atoms with van der Waals surface area (Å²) in [6.45, 7) is 13.0. The Morgan fingerprint density at radius 3 is 1.78 bits per heavy atom. The maximum absolute atomic E-state index is 6.22. The quantitative estimate of drug-likeness (QED) is 0.763. The fourth-order valence-corrected chi connectivity index (χ4v) is 4.64. The normalized spacial score (nSPS) is 22.2. The molecule has 18 heavy (non-hydrogen) atoms. The lowest BCUT2D eigenvalue weighted by atomic mass is 9.90. The van der Waals surface area contributed by atoms with Crippen molar-refractivity contribution >= 4 is 19.8 Å². The SMILES string of the molecule is CC1(C)OB([Si](C)(C)c2ccccc2)OC1(C)C. The van der Waals surface area contributed by atoms with E-state index in [1.165, 1.54) is 5.19 Å². The first-order chi connectivity index (χ1) is 8.17. The molecule has 0 saturated carbocycles. The molecule has 0 aliphatic carbocycles. The first-order valence-corrected chi connectivity index (χ1v) is 9.66. The summed E-state index contributed by atoms with van der Waals surface area (Å²) >= 11 is 0. The number of rotatable bonds is 2. The van der Waals surface area contributed by atoms with E-state index >= 15 is 0 Å². The average Bonchev–Trinajstić information content (AvgIpc) is 2.50. The molecule has 0 N–H and O–H groups in total. The third-order valence-corrected chi connectivity index (χ3v) is 7.60. The Morgan fingerprint density at radius 2 is 1.33 bits per heavy atom. The zero-order chi connectivity index (χ0) is 13.6. The molecule has 98 valence electrons. The van der Waals surface area contributed by atoms with Gasteiger partial charge in [-0.15, -0.1) is 0 Å². The second-order valence-electron chi connectivity index (χ2n) is 6.68. The first kappa shape index (κ1) is 13.8. The molecule has 1 fully saturated rings. The molecule has 0 unspecified atom stereocenters. The third-order valence-electron chi connectivity index (χ3n) is 4.36. The topological polar surface area (TPSA) is 18.5 Å². The summed E-state index contributed by atoms with van der Waals surface area (Å²) < 4.78 is 12.4. The Bertz CT molecular complexity index is 413. The van der Waals surface area contributed by atoms with Crippen molar-refractivity contribution in [2.24, 2.45) is 0 Å². The van der Waals surface area contributed by atoms with Gasteiger partial charge in [0.1, 0.15) is 7.94 Å². The van der Waals surface area contributed by atoms with Gasteiger partial charge >= 0.3 is 6.71 Å². The van der Waals surface area contributed by atoms with Crippen LogP contribution in [0.15, 0.2) is 30.3 Å². The minimum atomic E-state index is -1.77. The lowest BCUT2D eigenvalue weighted by molar-refractivity contribution is 0.00578. The summed E-state index contributed by atoms with van der Waals surface area (Å²) in [7, 11) is -1.77. The fourth-order valence-electron chi connectivity index (χ4n) is 2.14. The largest absolute Gasteiger partial charge is 0.438 e. The fraction of sp³-hybridized carbons (Fsp3) is 0.571. The summed E-state index contributed by atoms with van der Waals surface area (Å²) in [5, 5.41) is 1.38. The maximum atomic E-state index is 6.22. The average molecular weight is 262 g/mol. The highest BCUT2D eigenvalue weighted by Crippen LogP contribution is 2.38. The summed E-state index contributed by atoms with van der Waals surface area (Å²) in [5.41, 5.74) is -0.479. The summed E-state index contributed by atoms with van der Waals surface area (Å²) in [4.78, 5) is 0. The highest BCUT2D eigenvalue weighted by molar-refractivity contribution is 7.33.